The molecule has 2 heterocycles. The zero-order valence-corrected chi connectivity index (χ0v) is 11.4. The zero-order chi connectivity index (χ0) is 14.1. The molecule has 0 aliphatic rings. The molecule has 0 N–H and O–H groups in total. The monoisotopic (exact) mass is 269 g/mol. The van der Waals surface area contributed by atoms with Crippen molar-refractivity contribution in [2.45, 2.75) is 13.5 Å². The SMILES string of the molecule is COC(=O)c1cc2occc2n1Cc1ccc(C)cc1. The second kappa shape index (κ2) is 4.89. The van der Waals surface area contributed by atoms with Crippen LogP contribution in [0.2, 0.25) is 0 Å². The summed E-state index contributed by atoms with van der Waals surface area (Å²) in [5, 5.41) is 0. The minimum atomic E-state index is -0.358. The van der Waals surface area contributed by atoms with Crippen LogP contribution in [0.3, 0.4) is 0 Å². The van der Waals surface area contributed by atoms with E-state index in [1.54, 1.807) is 12.3 Å². The maximum atomic E-state index is 11.9. The predicted molar refractivity (Wildman–Crippen MR) is 75.8 cm³/mol. The summed E-state index contributed by atoms with van der Waals surface area (Å²) in [4.78, 5) is 11.9. The van der Waals surface area contributed by atoms with Gasteiger partial charge in [-0.05, 0) is 12.5 Å². The lowest BCUT2D eigenvalue weighted by Gasteiger charge is -2.09. The Balaban J connectivity index is 2.06. The highest BCUT2D eigenvalue weighted by Gasteiger charge is 2.17. The van der Waals surface area contributed by atoms with Gasteiger partial charge in [0.25, 0.3) is 0 Å². The van der Waals surface area contributed by atoms with Crippen LogP contribution in [0.1, 0.15) is 21.6 Å². The molecule has 0 radical (unpaired) electrons. The molecule has 102 valence electrons. The molecule has 2 aromatic heterocycles. The van der Waals surface area contributed by atoms with Crippen molar-refractivity contribution in [3.63, 3.8) is 0 Å². The summed E-state index contributed by atoms with van der Waals surface area (Å²) in [5.74, 6) is -0.358. The van der Waals surface area contributed by atoms with Crippen LogP contribution in [0, 0.1) is 6.92 Å². The van der Waals surface area contributed by atoms with Crippen molar-refractivity contribution >= 4 is 17.1 Å². The minimum Gasteiger partial charge on any atom is -0.464 e. The molecule has 0 aliphatic carbocycles. The van der Waals surface area contributed by atoms with Gasteiger partial charge in [0, 0.05) is 18.7 Å². The number of aromatic nitrogens is 1. The van der Waals surface area contributed by atoms with E-state index in [2.05, 4.69) is 24.3 Å². The molecule has 0 aliphatic heterocycles. The lowest BCUT2D eigenvalue weighted by molar-refractivity contribution is 0.0589. The molecule has 1 aromatic carbocycles. The Morgan fingerprint density at radius 2 is 2.00 bits per heavy atom. The fraction of sp³-hybridized carbons (Fsp3) is 0.188. The lowest BCUT2D eigenvalue weighted by atomic mass is 10.1. The summed E-state index contributed by atoms with van der Waals surface area (Å²) in [5.41, 5.74) is 4.42. The van der Waals surface area contributed by atoms with Crippen LogP contribution in [0.15, 0.2) is 47.1 Å². The average Bonchev–Trinajstić information content (AvgIpc) is 3.03. The van der Waals surface area contributed by atoms with Crippen LogP contribution in [-0.2, 0) is 11.3 Å². The highest BCUT2D eigenvalue weighted by atomic mass is 16.5. The van der Waals surface area contributed by atoms with Crippen LogP contribution >= 0.6 is 0 Å². The average molecular weight is 269 g/mol. The van der Waals surface area contributed by atoms with Crippen molar-refractivity contribution < 1.29 is 13.9 Å². The van der Waals surface area contributed by atoms with Crippen molar-refractivity contribution in [2.24, 2.45) is 0 Å². The molecular weight excluding hydrogens is 254 g/mol. The number of aryl methyl sites for hydroxylation is 1. The fourth-order valence-electron chi connectivity index (χ4n) is 2.30. The second-order valence-corrected chi connectivity index (χ2v) is 4.76. The Kier molecular flexibility index (Phi) is 3.06. The molecular formula is C16H15NO3. The number of rotatable bonds is 3. The largest absolute Gasteiger partial charge is 0.464 e. The Morgan fingerprint density at radius 1 is 1.25 bits per heavy atom. The van der Waals surface area contributed by atoms with E-state index in [4.69, 9.17) is 9.15 Å². The number of furan rings is 1. The quantitative estimate of drug-likeness (QED) is 0.685. The number of esters is 1. The summed E-state index contributed by atoms with van der Waals surface area (Å²) in [6.45, 7) is 2.65. The maximum absolute atomic E-state index is 11.9. The molecule has 0 unspecified atom stereocenters. The molecule has 3 rings (SSSR count). The van der Waals surface area contributed by atoms with Crippen molar-refractivity contribution in [1.82, 2.24) is 4.57 Å². The first-order valence-corrected chi connectivity index (χ1v) is 6.39. The van der Waals surface area contributed by atoms with Gasteiger partial charge in [-0.3, -0.25) is 0 Å². The van der Waals surface area contributed by atoms with E-state index in [1.807, 2.05) is 17.6 Å². The summed E-state index contributed by atoms with van der Waals surface area (Å²) in [6, 6.07) is 11.8. The van der Waals surface area contributed by atoms with Crippen LogP contribution in [0.25, 0.3) is 11.1 Å². The van der Waals surface area contributed by atoms with Crippen molar-refractivity contribution in [1.29, 1.82) is 0 Å². The van der Waals surface area contributed by atoms with Gasteiger partial charge in [-0.15, -0.1) is 0 Å². The Bertz CT molecular complexity index is 750. The molecule has 0 spiro atoms. The number of benzene rings is 1. The van der Waals surface area contributed by atoms with Crippen LogP contribution in [-0.4, -0.2) is 17.6 Å². The maximum Gasteiger partial charge on any atom is 0.354 e. The molecule has 0 saturated carbocycles. The first-order valence-electron chi connectivity index (χ1n) is 6.39. The lowest BCUT2D eigenvalue weighted by Crippen LogP contribution is -2.11. The van der Waals surface area contributed by atoms with Crippen molar-refractivity contribution in [3.05, 3.63) is 59.5 Å². The smallest absolute Gasteiger partial charge is 0.354 e. The zero-order valence-electron chi connectivity index (χ0n) is 11.4. The first kappa shape index (κ1) is 12.5. The van der Waals surface area contributed by atoms with Gasteiger partial charge in [0.05, 0.1) is 18.9 Å². The number of hydrogen-bond acceptors (Lipinski definition) is 3. The molecule has 0 atom stereocenters. The van der Waals surface area contributed by atoms with E-state index < -0.39 is 0 Å². The van der Waals surface area contributed by atoms with E-state index in [1.165, 1.54) is 12.7 Å². The van der Waals surface area contributed by atoms with E-state index >= 15 is 0 Å². The Hall–Kier alpha value is -2.49. The number of hydrogen-bond donors (Lipinski definition) is 0. The van der Waals surface area contributed by atoms with Crippen LogP contribution in [0.5, 0.6) is 0 Å². The summed E-state index contributed by atoms with van der Waals surface area (Å²) in [7, 11) is 1.38. The minimum absolute atomic E-state index is 0.358. The summed E-state index contributed by atoms with van der Waals surface area (Å²) >= 11 is 0. The first-order chi connectivity index (χ1) is 9.69. The standard InChI is InChI=1S/C16H15NO3/c1-11-3-5-12(6-4-11)10-17-13-7-8-20-15(13)9-14(17)16(18)19-2/h3-9H,10H2,1-2H3. The van der Waals surface area contributed by atoms with E-state index in [0.717, 1.165) is 11.1 Å². The summed E-state index contributed by atoms with van der Waals surface area (Å²) in [6.07, 6.45) is 1.62. The van der Waals surface area contributed by atoms with Gasteiger partial charge in [-0.1, -0.05) is 29.8 Å². The molecule has 4 nitrogen and oxygen atoms in total. The molecule has 20 heavy (non-hydrogen) atoms. The third-order valence-corrected chi connectivity index (χ3v) is 3.38. The molecule has 0 saturated heterocycles. The van der Waals surface area contributed by atoms with Gasteiger partial charge in [0.1, 0.15) is 5.69 Å². The van der Waals surface area contributed by atoms with Crippen LogP contribution in [0.4, 0.5) is 0 Å². The van der Waals surface area contributed by atoms with Gasteiger partial charge in [-0.2, -0.15) is 0 Å². The number of carbonyl (C=O) groups is 1. The number of carbonyl (C=O) groups excluding carboxylic acids is 1. The van der Waals surface area contributed by atoms with Gasteiger partial charge < -0.3 is 13.7 Å². The molecule has 0 fully saturated rings. The normalized spacial score (nSPS) is 10.9. The Morgan fingerprint density at radius 3 is 2.70 bits per heavy atom. The van der Waals surface area contributed by atoms with Gasteiger partial charge in [0.15, 0.2) is 5.58 Å². The fourth-order valence-corrected chi connectivity index (χ4v) is 2.30. The highest BCUT2D eigenvalue weighted by molar-refractivity contribution is 5.94. The van der Waals surface area contributed by atoms with E-state index in [-0.39, 0.29) is 5.97 Å². The van der Waals surface area contributed by atoms with E-state index in [0.29, 0.717) is 17.8 Å². The van der Waals surface area contributed by atoms with E-state index in [9.17, 15) is 4.79 Å². The topological polar surface area (TPSA) is 44.4 Å². The number of nitrogens with zero attached hydrogens (tertiary/aromatic N) is 1. The number of fused-ring (bicyclic) bond motifs is 1. The third kappa shape index (κ3) is 2.09. The van der Waals surface area contributed by atoms with Gasteiger partial charge >= 0.3 is 5.97 Å². The second-order valence-electron chi connectivity index (χ2n) is 4.76. The van der Waals surface area contributed by atoms with Gasteiger partial charge in [-0.25, -0.2) is 4.79 Å². The third-order valence-electron chi connectivity index (χ3n) is 3.38. The molecule has 4 heteroatoms. The predicted octanol–water partition coefficient (Wildman–Crippen LogP) is 3.38. The summed E-state index contributed by atoms with van der Waals surface area (Å²) < 4.78 is 12.1. The van der Waals surface area contributed by atoms with Crippen molar-refractivity contribution in [3.8, 4) is 0 Å². The van der Waals surface area contributed by atoms with Crippen LogP contribution < -0.4 is 0 Å². The number of ether oxygens (including phenoxy) is 1. The number of methoxy groups -OCH3 is 1. The van der Waals surface area contributed by atoms with Gasteiger partial charge in [0.2, 0.25) is 0 Å². The van der Waals surface area contributed by atoms with Crippen molar-refractivity contribution in [2.75, 3.05) is 7.11 Å². The molecule has 0 amide bonds. The Labute approximate surface area is 116 Å². The molecule has 0 bridgehead atoms. The highest BCUT2D eigenvalue weighted by Crippen LogP contribution is 2.23. The molecule has 3 aromatic rings.